The number of pyridine rings is 1. The minimum Gasteiger partial charge on any atom is -0.478 e. The van der Waals surface area contributed by atoms with Crippen molar-refractivity contribution < 1.29 is 23.1 Å². The Labute approximate surface area is 157 Å². The summed E-state index contributed by atoms with van der Waals surface area (Å²) in [7, 11) is 1.67. The van der Waals surface area contributed by atoms with Crippen molar-refractivity contribution in [1.82, 2.24) is 20.3 Å². The van der Waals surface area contributed by atoms with E-state index in [-0.39, 0.29) is 22.4 Å². The first-order valence-corrected chi connectivity index (χ1v) is 8.24. The van der Waals surface area contributed by atoms with E-state index in [0.29, 0.717) is 12.1 Å². The number of aromatic carboxylic acids is 1. The van der Waals surface area contributed by atoms with E-state index >= 15 is 0 Å². The Morgan fingerprint density at radius 1 is 1.18 bits per heavy atom. The number of alkyl halides is 2. The number of rotatable bonds is 7. The van der Waals surface area contributed by atoms with Crippen LogP contribution in [0.1, 0.15) is 34.0 Å². The van der Waals surface area contributed by atoms with Gasteiger partial charge >= 0.3 is 5.97 Å². The molecule has 1 atom stereocenters. The molecule has 1 aromatic carbocycles. The van der Waals surface area contributed by atoms with E-state index in [4.69, 9.17) is 0 Å². The van der Waals surface area contributed by atoms with Crippen LogP contribution < -0.4 is 10.6 Å². The van der Waals surface area contributed by atoms with Gasteiger partial charge in [0.25, 0.3) is 6.43 Å². The van der Waals surface area contributed by atoms with E-state index in [1.54, 1.807) is 7.05 Å². The van der Waals surface area contributed by atoms with Gasteiger partial charge in [-0.3, -0.25) is 4.98 Å². The van der Waals surface area contributed by atoms with Crippen LogP contribution in [0.3, 0.4) is 0 Å². The van der Waals surface area contributed by atoms with Crippen molar-refractivity contribution in [3.05, 3.63) is 59.3 Å². The lowest BCUT2D eigenvalue weighted by Crippen LogP contribution is -2.24. The maximum Gasteiger partial charge on any atom is 0.338 e. The molecule has 0 amide bonds. The molecule has 0 bridgehead atoms. The van der Waals surface area contributed by atoms with Crippen molar-refractivity contribution in [2.75, 3.05) is 18.9 Å². The average molecular weight is 391 g/mol. The van der Waals surface area contributed by atoms with Crippen molar-refractivity contribution in [2.45, 2.75) is 12.5 Å². The van der Waals surface area contributed by atoms with E-state index in [0.717, 1.165) is 12.1 Å². The van der Waals surface area contributed by atoms with Crippen molar-refractivity contribution >= 4 is 22.8 Å². The molecule has 0 unspecified atom stereocenters. The zero-order chi connectivity index (χ0) is 20.3. The molecule has 0 fully saturated rings. The maximum atomic E-state index is 13.6. The standard InChI is InChI=1S/C18H16F3N5O2/c1-22-7-13(9-2-3-12(19)11(6-9)16(20)21)26-17-15-14(24-8-25-17)10(18(27)28)4-5-23-15/h2-6,8,13,16,22H,7H2,1H3,(H,27,28)(H,24,25,26)/t13-/m1/s1. The van der Waals surface area contributed by atoms with E-state index in [9.17, 15) is 23.1 Å². The monoisotopic (exact) mass is 391 g/mol. The molecule has 28 heavy (non-hydrogen) atoms. The molecule has 2 aromatic heterocycles. The van der Waals surface area contributed by atoms with Gasteiger partial charge in [-0.25, -0.2) is 27.9 Å². The molecule has 3 N–H and O–H groups in total. The first-order valence-electron chi connectivity index (χ1n) is 8.24. The van der Waals surface area contributed by atoms with Gasteiger partial charge < -0.3 is 15.7 Å². The number of carbonyl (C=O) groups is 1. The highest BCUT2D eigenvalue weighted by molar-refractivity contribution is 6.02. The predicted molar refractivity (Wildman–Crippen MR) is 95.9 cm³/mol. The van der Waals surface area contributed by atoms with Crippen molar-refractivity contribution in [1.29, 1.82) is 0 Å². The number of anilines is 1. The summed E-state index contributed by atoms with van der Waals surface area (Å²) < 4.78 is 39.7. The van der Waals surface area contributed by atoms with Crippen LogP contribution in [-0.4, -0.2) is 39.6 Å². The van der Waals surface area contributed by atoms with Gasteiger partial charge in [0.1, 0.15) is 23.2 Å². The lowest BCUT2D eigenvalue weighted by molar-refractivity contribution is 0.0698. The normalized spacial score (nSPS) is 12.3. The van der Waals surface area contributed by atoms with E-state index < -0.39 is 29.8 Å². The minimum atomic E-state index is -2.95. The Kier molecular flexibility index (Phi) is 5.69. The third-order valence-corrected chi connectivity index (χ3v) is 4.13. The average Bonchev–Trinajstić information content (AvgIpc) is 2.67. The molecule has 2 heterocycles. The van der Waals surface area contributed by atoms with Crippen LogP contribution in [0.5, 0.6) is 0 Å². The second kappa shape index (κ2) is 8.17. The van der Waals surface area contributed by atoms with Gasteiger partial charge in [-0.15, -0.1) is 0 Å². The van der Waals surface area contributed by atoms with Gasteiger partial charge in [-0.1, -0.05) is 6.07 Å². The number of fused-ring (bicyclic) bond motifs is 1. The van der Waals surface area contributed by atoms with Gasteiger partial charge in [-0.2, -0.15) is 0 Å². The second-order valence-corrected chi connectivity index (χ2v) is 5.92. The third kappa shape index (κ3) is 3.86. The summed E-state index contributed by atoms with van der Waals surface area (Å²) in [5.74, 6) is -1.91. The van der Waals surface area contributed by atoms with Crippen LogP contribution in [0.25, 0.3) is 11.0 Å². The summed E-state index contributed by atoms with van der Waals surface area (Å²) in [6.45, 7) is 0.304. The summed E-state index contributed by atoms with van der Waals surface area (Å²) in [6.07, 6.45) is -0.445. The molecule has 0 aliphatic rings. The van der Waals surface area contributed by atoms with Crippen LogP contribution in [0.4, 0.5) is 19.0 Å². The molecule has 146 valence electrons. The lowest BCUT2D eigenvalue weighted by Gasteiger charge is -2.21. The van der Waals surface area contributed by atoms with Gasteiger partial charge in [0, 0.05) is 12.7 Å². The molecule has 3 rings (SSSR count). The smallest absolute Gasteiger partial charge is 0.338 e. The van der Waals surface area contributed by atoms with Crippen LogP contribution in [0.2, 0.25) is 0 Å². The molecule has 0 spiro atoms. The van der Waals surface area contributed by atoms with Crippen LogP contribution in [0, 0.1) is 5.82 Å². The maximum absolute atomic E-state index is 13.6. The fourth-order valence-electron chi connectivity index (χ4n) is 2.81. The number of likely N-dealkylation sites (N-methyl/N-ethyl adjacent to an activating group) is 1. The van der Waals surface area contributed by atoms with E-state index in [1.807, 2.05) is 0 Å². The molecule has 0 aliphatic carbocycles. The lowest BCUT2D eigenvalue weighted by atomic mass is 10.0. The number of carboxylic acids is 1. The number of aromatic nitrogens is 3. The first kappa shape index (κ1) is 19.5. The Morgan fingerprint density at radius 3 is 2.64 bits per heavy atom. The molecule has 3 aromatic rings. The molecule has 0 radical (unpaired) electrons. The second-order valence-electron chi connectivity index (χ2n) is 5.92. The number of nitrogens with zero attached hydrogens (tertiary/aromatic N) is 3. The number of benzene rings is 1. The summed E-state index contributed by atoms with van der Waals surface area (Å²) in [6, 6.07) is 4.24. The summed E-state index contributed by atoms with van der Waals surface area (Å²) in [5.41, 5.74) is 0.0385. The summed E-state index contributed by atoms with van der Waals surface area (Å²) in [4.78, 5) is 23.6. The molecule has 7 nitrogen and oxygen atoms in total. The summed E-state index contributed by atoms with van der Waals surface area (Å²) in [5, 5.41) is 15.3. The molecular formula is C18H16F3N5O2. The number of halogens is 3. The third-order valence-electron chi connectivity index (χ3n) is 4.13. The molecule has 0 aliphatic heterocycles. The molecular weight excluding hydrogens is 375 g/mol. The van der Waals surface area contributed by atoms with Gasteiger partial charge in [0.2, 0.25) is 0 Å². The Morgan fingerprint density at radius 2 is 1.96 bits per heavy atom. The zero-order valence-corrected chi connectivity index (χ0v) is 14.7. The minimum absolute atomic E-state index is 0.0395. The zero-order valence-electron chi connectivity index (χ0n) is 14.7. The number of carboxylic acid groups (broad SMARTS) is 1. The van der Waals surface area contributed by atoms with Gasteiger partial charge in [0.15, 0.2) is 5.82 Å². The van der Waals surface area contributed by atoms with Crippen LogP contribution in [0.15, 0.2) is 36.8 Å². The highest BCUT2D eigenvalue weighted by Gasteiger charge is 2.20. The Hall–Kier alpha value is -3.27. The SMILES string of the molecule is CNC[C@@H](Nc1ncnc2c(C(=O)O)ccnc12)c1ccc(F)c(C(F)F)c1. The molecule has 0 saturated heterocycles. The fraction of sp³-hybridized carbons (Fsp3) is 0.222. The first-order chi connectivity index (χ1) is 13.4. The van der Waals surface area contributed by atoms with Crippen molar-refractivity contribution in [3.63, 3.8) is 0 Å². The van der Waals surface area contributed by atoms with Crippen LogP contribution in [-0.2, 0) is 0 Å². The molecule has 10 heteroatoms. The number of nitrogens with one attached hydrogen (secondary N) is 2. The highest BCUT2D eigenvalue weighted by Crippen LogP contribution is 2.28. The number of hydrogen-bond acceptors (Lipinski definition) is 6. The van der Waals surface area contributed by atoms with Gasteiger partial charge in [0.05, 0.1) is 17.2 Å². The largest absolute Gasteiger partial charge is 0.478 e. The number of hydrogen-bond donors (Lipinski definition) is 3. The highest BCUT2D eigenvalue weighted by atomic mass is 19.3. The Balaban J connectivity index is 2.03. The quantitative estimate of drug-likeness (QED) is 0.569. The Bertz CT molecular complexity index is 1020. The van der Waals surface area contributed by atoms with Crippen molar-refractivity contribution in [3.8, 4) is 0 Å². The van der Waals surface area contributed by atoms with Gasteiger partial charge in [-0.05, 0) is 30.8 Å². The van der Waals surface area contributed by atoms with E-state index in [1.165, 1.54) is 24.7 Å². The fourth-order valence-corrected chi connectivity index (χ4v) is 2.81. The van der Waals surface area contributed by atoms with Crippen LogP contribution >= 0.6 is 0 Å². The predicted octanol–water partition coefficient (Wildman–Crippen LogP) is 3.17. The van der Waals surface area contributed by atoms with E-state index in [2.05, 4.69) is 25.6 Å². The summed E-state index contributed by atoms with van der Waals surface area (Å²) >= 11 is 0. The molecule has 0 saturated carbocycles. The topological polar surface area (TPSA) is 100 Å². The van der Waals surface area contributed by atoms with Crippen molar-refractivity contribution in [2.24, 2.45) is 0 Å².